The maximum Gasteiger partial charge on any atom is 0.328 e. The van der Waals surface area contributed by atoms with Gasteiger partial charge in [-0.15, -0.1) is 0 Å². The third-order valence-electron chi connectivity index (χ3n) is 3.22. The topological polar surface area (TPSA) is 40.5 Å². The minimum Gasteiger partial charge on any atom is -0.478 e. The van der Waals surface area contributed by atoms with Crippen LogP contribution in [0, 0.1) is 0 Å². The van der Waals surface area contributed by atoms with Gasteiger partial charge in [0.05, 0.1) is 0 Å². The summed E-state index contributed by atoms with van der Waals surface area (Å²) < 4.78 is 0. The van der Waals surface area contributed by atoms with Crippen molar-refractivity contribution >= 4 is 12.0 Å². The number of nitrogens with zero attached hydrogens (tertiary/aromatic N) is 1. The minimum absolute atomic E-state index is 0.515. The monoisotopic (exact) mass is 247 g/mol. The molecular formula is C15H21NO2. The molecule has 1 aromatic carbocycles. The Bertz CT molecular complexity index is 426. The van der Waals surface area contributed by atoms with Crippen molar-refractivity contribution in [3.05, 3.63) is 41.5 Å². The smallest absolute Gasteiger partial charge is 0.328 e. The largest absolute Gasteiger partial charge is 0.478 e. The van der Waals surface area contributed by atoms with Crippen LogP contribution in [0.2, 0.25) is 0 Å². The Morgan fingerprint density at radius 2 is 2.11 bits per heavy atom. The molecule has 18 heavy (non-hydrogen) atoms. The lowest BCUT2D eigenvalue weighted by Crippen LogP contribution is -2.28. The third-order valence-corrected chi connectivity index (χ3v) is 3.22. The fourth-order valence-electron chi connectivity index (χ4n) is 1.74. The fraction of sp³-hybridized carbons (Fsp3) is 0.400. The van der Waals surface area contributed by atoms with Gasteiger partial charge in [0, 0.05) is 18.7 Å². The molecule has 1 N–H and O–H groups in total. The zero-order valence-corrected chi connectivity index (χ0v) is 11.3. The summed E-state index contributed by atoms with van der Waals surface area (Å²) in [5, 5.41) is 8.68. The van der Waals surface area contributed by atoms with Gasteiger partial charge in [0.1, 0.15) is 0 Å². The average molecular weight is 247 g/mol. The Morgan fingerprint density at radius 1 is 1.44 bits per heavy atom. The Hall–Kier alpha value is -1.61. The number of rotatable bonds is 6. The van der Waals surface area contributed by atoms with Crippen LogP contribution in [-0.4, -0.2) is 29.1 Å². The molecule has 0 amide bonds. The number of aliphatic carboxylic acids is 1. The molecule has 0 bridgehead atoms. The lowest BCUT2D eigenvalue weighted by Gasteiger charge is -2.24. The maximum atomic E-state index is 10.6. The molecule has 0 saturated heterocycles. The van der Waals surface area contributed by atoms with Gasteiger partial charge in [-0.05, 0) is 37.6 Å². The number of carbonyl (C=O) groups is 1. The second-order valence-electron chi connectivity index (χ2n) is 4.54. The first kappa shape index (κ1) is 14.5. The number of benzene rings is 1. The summed E-state index contributed by atoms with van der Waals surface area (Å²) in [6.45, 7) is 5.18. The van der Waals surface area contributed by atoms with Crippen LogP contribution < -0.4 is 0 Å². The van der Waals surface area contributed by atoms with E-state index in [0.29, 0.717) is 6.04 Å². The highest BCUT2D eigenvalue weighted by Gasteiger charge is 2.08. The molecule has 0 aliphatic heterocycles. The Kier molecular flexibility index (Phi) is 5.59. The zero-order chi connectivity index (χ0) is 13.5. The number of carboxylic acid groups (broad SMARTS) is 1. The predicted octanol–water partition coefficient (Wildman–Crippen LogP) is 3.01. The highest BCUT2D eigenvalue weighted by atomic mass is 16.4. The quantitative estimate of drug-likeness (QED) is 0.786. The van der Waals surface area contributed by atoms with Gasteiger partial charge in [0.25, 0.3) is 0 Å². The summed E-state index contributed by atoms with van der Waals surface area (Å²) in [4.78, 5) is 12.8. The van der Waals surface area contributed by atoms with Crippen LogP contribution in [0.3, 0.4) is 0 Å². The summed E-state index contributed by atoms with van der Waals surface area (Å²) in [7, 11) is 2.09. The molecule has 1 atom stereocenters. The van der Waals surface area contributed by atoms with E-state index >= 15 is 0 Å². The van der Waals surface area contributed by atoms with Crippen LogP contribution in [0.25, 0.3) is 6.08 Å². The van der Waals surface area contributed by atoms with Gasteiger partial charge in [-0.2, -0.15) is 0 Å². The second kappa shape index (κ2) is 6.97. The van der Waals surface area contributed by atoms with E-state index in [0.717, 1.165) is 24.1 Å². The summed E-state index contributed by atoms with van der Waals surface area (Å²) in [5.74, 6) is -0.917. The summed E-state index contributed by atoms with van der Waals surface area (Å²) in [6, 6.07) is 8.41. The summed E-state index contributed by atoms with van der Waals surface area (Å²) >= 11 is 0. The number of carboxylic acids is 1. The first-order chi connectivity index (χ1) is 8.54. The molecule has 0 heterocycles. The first-order valence-corrected chi connectivity index (χ1v) is 6.23. The Balaban J connectivity index is 2.85. The van der Waals surface area contributed by atoms with Crippen molar-refractivity contribution in [1.29, 1.82) is 0 Å². The Morgan fingerprint density at radius 3 is 2.72 bits per heavy atom. The average Bonchev–Trinajstić information content (AvgIpc) is 2.36. The molecule has 1 unspecified atom stereocenters. The van der Waals surface area contributed by atoms with E-state index in [1.165, 1.54) is 6.08 Å². The van der Waals surface area contributed by atoms with Crippen molar-refractivity contribution in [3.8, 4) is 0 Å². The fourth-order valence-corrected chi connectivity index (χ4v) is 1.74. The lowest BCUT2D eigenvalue weighted by atomic mass is 10.1. The molecule has 0 aromatic heterocycles. The summed E-state index contributed by atoms with van der Waals surface area (Å²) in [6.07, 6.45) is 3.94. The van der Waals surface area contributed by atoms with Crippen LogP contribution in [-0.2, 0) is 11.3 Å². The van der Waals surface area contributed by atoms with Gasteiger partial charge in [0.15, 0.2) is 0 Å². The number of hydrogen-bond acceptors (Lipinski definition) is 2. The highest BCUT2D eigenvalue weighted by Crippen LogP contribution is 2.14. The van der Waals surface area contributed by atoms with Crippen LogP contribution in [0.5, 0.6) is 0 Å². The first-order valence-electron chi connectivity index (χ1n) is 6.23. The van der Waals surface area contributed by atoms with E-state index in [1.54, 1.807) is 6.08 Å². The van der Waals surface area contributed by atoms with E-state index in [4.69, 9.17) is 5.11 Å². The van der Waals surface area contributed by atoms with Gasteiger partial charge < -0.3 is 5.11 Å². The Labute approximate surface area is 109 Å². The molecule has 1 aromatic rings. The maximum absolute atomic E-state index is 10.6. The molecule has 0 aliphatic rings. The van der Waals surface area contributed by atoms with E-state index in [2.05, 4.69) is 25.8 Å². The molecule has 98 valence electrons. The van der Waals surface area contributed by atoms with Gasteiger partial charge in [-0.1, -0.05) is 31.2 Å². The molecule has 0 aliphatic carbocycles. The highest BCUT2D eigenvalue weighted by molar-refractivity contribution is 5.85. The second-order valence-corrected chi connectivity index (χ2v) is 4.54. The van der Waals surface area contributed by atoms with Crippen LogP contribution in [0.4, 0.5) is 0 Å². The molecule has 0 saturated carbocycles. The van der Waals surface area contributed by atoms with Crippen LogP contribution in [0.15, 0.2) is 30.3 Å². The summed E-state index contributed by atoms with van der Waals surface area (Å²) in [5.41, 5.74) is 2.12. The van der Waals surface area contributed by atoms with Crippen LogP contribution >= 0.6 is 0 Å². The van der Waals surface area contributed by atoms with Gasteiger partial charge in [-0.3, -0.25) is 4.90 Å². The molecule has 3 nitrogen and oxygen atoms in total. The predicted molar refractivity (Wildman–Crippen MR) is 74.3 cm³/mol. The van der Waals surface area contributed by atoms with Crippen molar-refractivity contribution in [3.63, 3.8) is 0 Å². The van der Waals surface area contributed by atoms with E-state index in [9.17, 15) is 4.79 Å². The van der Waals surface area contributed by atoms with Crippen molar-refractivity contribution in [1.82, 2.24) is 4.90 Å². The third kappa shape index (κ3) is 4.34. The SMILES string of the molecule is CCC(C)N(C)Cc1ccccc1C=CC(=O)O. The number of hydrogen-bond donors (Lipinski definition) is 1. The van der Waals surface area contributed by atoms with Crippen molar-refractivity contribution in [2.24, 2.45) is 0 Å². The lowest BCUT2D eigenvalue weighted by molar-refractivity contribution is -0.131. The van der Waals surface area contributed by atoms with Crippen LogP contribution in [0.1, 0.15) is 31.4 Å². The molecule has 3 heteroatoms. The van der Waals surface area contributed by atoms with E-state index in [-0.39, 0.29) is 0 Å². The molecule has 1 rings (SSSR count). The molecule has 0 fully saturated rings. The standard InChI is InChI=1S/C15H21NO2/c1-4-12(2)16(3)11-14-8-6-5-7-13(14)9-10-15(17)18/h5-10,12H,4,11H2,1-3H3,(H,17,18). The van der Waals surface area contributed by atoms with Crippen molar-refractivity contribution in [2.75, 3.05) is 7.05 Å². The zero-order valence-electron chi connectivity index (χ0n) is 11.3. The normalized spacial score (nSPS) is 13.1. The van der Waals surface area contributed by atoms with Gasteiger partial charge >= 0.3 is 5.97 Å². The molecule has 0 radical (unpaired) electrons. The van der Waals surface area contributed by atoms with Gasteiger partial charge in [-0.25, -0.2) is 4.79 Å². The van der Waals surface area contributed by atoms with E-state index < -0.39 is 5.97 Å². The molecule has 0 spiro atoms. The molecular weight excluding hydrogens is 226 g/mol. The van der Waals surface area contributed by atoms with Crippen molar-refractivity contribution < 1.29 is 9.90 Å². The van der Waals surface area contributed by atoms with Crippen molar-refractivity contribution in [2.45, 2.75) is 32.9 Å². The van der Waals surface area contributed by atoms with Gasteiger partial charge in [0.2, 0.25) is 0 Å². The minimum atomic E-state index is -0.917. The van der Waals surface area contributed by atoms with E-state index in [1.807, 2.05) is 24.3 Å².